The highest BCUT2D eigenvalue weighted by atomic mass is 16.3. The zero-order valence-electron chi connectivity index (χ0n) is 17.1. The molecule has 3 aromatic carbocycles. The molecule has 1 heterocycles. The van der Waals surface area contributed by atoms with Crippen molar-refractivity contribution in [2.45, 2.75) is 6.42 Å². The van der Waals surface area contributed by atoms with Gasteiger partial charge < -0.3 is 15.5 Å². The van der Waals surface area contributed by atoms with Crippen LogP contribution in [0.3, 0.4) is 0 Å². The fourth-order valence-electron chi connectivity index (χ4n) is 3.10. The van der Waals surface area contributed by atoms with Crippen molar-refractivity contribution in [3.63, 3.8) is 0 Å². The molecule has 4 aromatic rings. The molecule has 0 fully saturated rings. The second-order valence-corrected chi connectivity index (χ2v) is 7.17. The average Bonchev–Trinajstić information content (AvgIpc) is 2.81. The van der Waals surface area contributed by atoms with E-state index in [1.807, 2.05) is 42.5 Å². The van der Waals surface area contributed by atoms with E-state index in [1.54, 1.807) is 54.7 Å². The molecule has 0 aliphatic carbocycles. The van der Waals surface area contributed by atoms with Crippen LogP contribution >= 0.6 is 0 Å². The number of nitrogens with zero attached hydrogens (tertiary/aromatic N) is 2. The molecular formula is C26H21N3O3. The fraction of sp³-hybridized carbons (Fsp3) is 0.0385. The molecule has 0 saturated carbocycles. The third kappa shape index (κ3) is 5.37. The Kier molecular flexibility index (Phi) is 6.22. The average molecular weight is 423 g/mol. The zero-order valence-corrected chi connectivity index (χ0v) is 17.1. The molecule has 1 amide bonds. The van der Waals surface area contributed by atoms with Crippen molar-refractivity contribution < 1.29 is 15.0 Å². The molecule has 6 heteroatoms. The Morgan fingerprint density at radius 3 is 2.19 bits per heavy atom. The Morgan fingerprint density at radius 1 is 0.844 bits per heavy atom. The highest BCUT2D eigenvalue weighted by Gasteiger charge is 2.11. The van der Waals surface area contributed by atoms with Gasteiger partial charge >= 0.3 is 0 Å². The molecule has 0 atom stereocenters. The van der Waals surface area contributed by atoms with Crippen molar-refractivity contribution in [3.05, 3.63) is 102 Å². The number of hydrogen-bond donors (Lipinski definition) is 3. The van der Waals surface area contributed by atoms with Gasteiger partial charge in [-0.15, -0.1) is 0 Å². The Bertz CT molecular complexity index is 1240. The summed E-state index contributed by atoms with van der Waals surface area (Å²) >= 11 is 0. The molecule has 1 aromatic heterocycles. The van der Waals surface area contributed by atoms with E-state index in [1.165, 1.54) is 0 Å². The highest BCUT2D eigenvalue weighted by Crippen LogP contribution is 2.23. The summed E-state index contributed by atoms with van der Waals surface area (Å²) in [5.41, 5.74) is 3.69. The minimum absolute atomic E-state index is 0.142. The largest absolute Gasteiger partial charge is 0.508 e. The first kappa shape index (κ1) is 20.8. The van der Waals surface area contributed by atoms with Crippen molar-refractivity contribution in [3.8, 4) is 22.8 Å². The van der Waals surface area contributed by atoms with Gasteiger partial charge in [0, 0.05) is 5.56 Å². The molecule has 0 spiro atoms. The quantitative estimate of drug-likeness (QED) is 0.410. The Balaban J connectivity index is 1.62. The van der Waals surface area contributed by atoms with Crippen LogP contribution in [0, 0.1) is 0 Å². The van der Waals surface area contributed by atoms with Crippen molar-refractivity contribution in [1.82, 2.24) is 9.97 Å². The maximum Gasteiger partial charge on any atom is 0.230 e. The number of anilines is 1. The molecule has 0 bridgehead atoms. The maximum absolute atomic E-state index is 12.6. The first-order valence-electron chi connectivity index (χ1n) is 10.0. The number of rotatable bonds is 6. The van der Waals surface area contributed by atoms with Crippen molar-refractivity contribution in [2.75, 3.05) is 5.32 Å². The van der Waals surface area contributed by atoms with Gasteiger partial charge in [-0.05, 0) is 53.6 Å². The molecule has 32 heavy (non-hydrogen) atoms. The molecule has 0 aliphatic rings. The SMILES string of the molecule is O=C(Cc1ccc(O)cc1)Nc1ncc(-c2ccc(O)cc2)nc1C=Cc1ccccc1. The van der Waals surface area contributed by atoms with Crippen LogP contribution in [0.15, 0.2) is 85.1 Å². The second-order valence-electron chi connectivity index (χ2n) is 7.17. The predicted molar refractivity (Wildman–Crippen MR) is 125 cm³/mol. The van der Waals surface area contributed by atoms with Crippen LogP contribution in [0.1, 0.15) is 16.8 Å². The number of phenolic OH excluding ortho intramolecular Hbond substituents is 2. The van der Waals surface area contributed by atoms with Gasteiger partial charge in [0.1, 0.15) is 17.2 Å². The smallest absolute Gasteiger partial charge is 0.230 e. The number of nitrogens with one attached hydrogen (secondary N) is 1. The summed E-state index contributed by atoms with van der Waals surface area (Å²) in [6.07, 6.45) is 5.44. The summed E-state index contributed by atoms with van der Waals surface area (Å²) in [4.78, 5) is 21.7. The third-order valence-electron chi connectivity index (χ3n) is 4.75. The first-order valence-corrected chi connectivity index (χ1v) is 10.0. The Hall–Kier alpha value is -4.45. The number of phenols is 2. The molecule has 6 nitrogen and oxygen atoms in total. The Morgan fingerprint density at radius 2 is 1.50 bits per heavy atom. The van der Waals surface area contributed by atoms with Gasteiger partial charge in [0.25, 0.3) is 0 Å². The van der Waals surface area contributed by atoms with E-state index in [0.29, 0.717) is 17.2 Å². The van der Waals surface area contributed by atoms with Crippen LogP contribution in [-0.2, 0) is 11.2 Å². The molecule has 0 radical (unpaired) electrons. The van der Waals surface area contributed by atoms with Crippen LogP contribution in [-0.4, -0.2) is 26.1 Å². The summed E-state index contributed by atoms with van der Waals surface area (Å²) in [5.74, 6) is 0.433. The molecule has 0 saturated heterocycles. The van der Waals surface area contributed by atoms with Crippen LogP contribution in [0.2, 0.25) is 0 Å². The lowest BCUT2D eigenvalue weighted by atomic mass is 10.1. The molecular weight excluding hydrogens is 402 g/mol. The number of aromatic nitrogens is 2. The number of carbonyl (C=O) groups is 1. The van der Waals surface area contributed by atoms with Crippen LogP contribution < -0.4 is 5.32 Å². The summed E-state index contributed by atoms with van der Waals surface area (Å²) in [7, 11) is 0. The van der Waals surface area contributed by atoms with E-state index in [4.69, 9.17) is 0 Å². The van der Waals surface area contributed by atoms with Gasteiger partial charge in [-0.1, -0.05) is 48.5 Å². The van der Waals surface area contributed by atoms with Crippen molar-refractivity contribution in [1.29, 1.82) is 0 Å². The minimum atomic E-state index is -0.239. The lowest BCUT2D eigenvalue weighted by Gasteiger charge is -2.10. The fourth-order valence-corrected chi connectivity index (χ4v) is 3.10. The summed E-state index contributed by atoms with van der Waals surface area (Å²) in [6, 6.07) is 22.9. The maximum atomic E-state index is 12.6. The van der Waals surface area contributed by atoms with E-state index in [9.17, 15) is 15.0 Å². The van der Waals surface area contributed by atoms with Gasteiger partial charge in [-0.25, -0.2) is 9.97 Å². The summed E-state index contributed by atoms with van der Waals surface area (Å²) in [5, 5.41) is 21.8. The van der Waals surface area contributed by atoms with E-state index in [0.717, 1.165) is 16.7 Å². The number of aromatic hydroxyl groups is 2. The number of amides is 1. The predicted octanol–water partition coefficient (Wildman–Crippen LogP) is 4.91. The van der Waals surface area contributed by atoms with E-state index in [2.05, 4.69) is 15.3 Å². The van der Waals surface area contributed by atoms with Gasteiger partial charge in [0.05, 0.1) is 18.3 Å². The van der Waals surface area contributed by atoms with Gasteiger partial charge in [-0.2, -0.15) is 0 Å². The summed E-state index contributed by atoms with van der Waals surface area (Å²) < 4.78 is 0. The second kappa shape index (κ2) is 9.57. The highest BCUT2D eigenvalue weighted by molar-refractivity contribution is 5.93. The number of hydrogen-bond acceptors (Lipinski definition) is 5. The van der Waals surface area contributed by atoms with E-state index < -0.39 is 0 Å². The number of carbonyl (C=O) groups excluding carboxylic acids is 1. The van der Waals surface area contributed by atoms with Gasteiger partial charge in [0.2, 0.25) is 5.91 Å². The first-order chi connectivity index (χ1) is 15.6. The topological polar surface area (TPSA) is 95.3 Å². The van der Waals surface area contributed by atoms with Crippen LogP contribution in [0.5, 0.6) is 11.5 Å². The van der Waals surface area contributed by atoms with Crippen LogP contribution in [0.4, 0.5) is 5.82 Å². The zero-order chi connectivity index (χ0) is 22.3. The van der Waals surface area contributed by atoms with E-state index in [-0.39, 0.29) is 23.8 Å². The van der Waals surface area contributed by atoms with Crippen LogP contribution in [0.25, 0.3) is 23.4 Å². The molecule has 3 N–H and O–H groups in total. The summed E-state index contributed by atoms with van der Waals surface area (Å²) in [6.45, 7) is 0. The molecule has 0 unspecified atom stereocenters. The van der Waals surface area contributed by atoms with E-state index >= 15 is 0 Å². The molecule has 4 rings (SSSR count). The lowest BCUT2D eigenvalue weighted by Crippen LogP contribution is -2.16. The van der Waals surface area contributed by atoms with Gasteiger partial charge in [-0.3, -0.25) is 4.79 Å². The number of benzene rings is 3. The molecule has 0 aliphatic heterocycles. The monoisotopic (exact) mass is 423 g/mol. The molecule has 158 valence electrons. The van der Waals surface area contributed by atoms with Crippen molar-refractivity contribution >= 4 is 23.9 Å². The Labute approximate surface area is 185 Å². The van der Waals surface area contributed by atoms with Gasteiger partial charge in [0.15, 0.2) is 5.82 Å². The third-order valence-corrected chi connectivity index (χ3v) is 4.75. The van der Waals surface area contributed by atoms with Crippen molar-refractivity contribution in [2.24, 2.45) is 0 Å². The normalized spacial score (nSPS) is 10.9. The lowest BCUT2D eigenvalue weighted by molar-refractivity contribution is -0.115. The standard InChI is InChI=1S/C26H21N3O3/c30-21-11-6-19(7-12-21)16-25(32)29-26-23(15-8-18-4-2-1-3-5-18)28-24(17-27-26)20-9-13-22(31)14-10-20/h1-15,17,30-31H,16H2,(H,27,29,32). The minimum Gasteiger partial charge on any atom is -0.508 e.